The molecule has 0 aliphatic carbocycles. The van der Waals surface area contributed by atoms with Gasteiger partial charge in [-0.2, -0.15) is 11.3 Å². The molecule has 5 nitrogen and oxygen atoms in total. The van der Waals surface area contributed by atoms with Gasteiger partial charge in [0.25, 0.3) is 5.91 Å². The summed E-state index contributed by atoms with van der Waals surface area (Å²) >= 11 is 3.05. The maximum Gasteiger partial charge on any atom is 0.303 e. The van der Waals surface area contributed by atoms with E-state index in [1.54, 1.807) is 21.6 Å². The van der Waals surface area contributed by atoms with Crippen LogP contribution in [0.15, 0.2) is 22.2 Å². The van der Waals surface area contributed by atoms with Gasteiger partial charge in [0.1, 0.15) is 10.7 Å². The van der Waals surface area contributed by atoms with Gasteiger partial charge in [0.15, 0.2) is 0 Å². The van der Waals surface area contributed by atoms with Crippen LogP contribution in [0.2, 0.25) is 0 Å². The average Bonchev–Trinajstić information content (AvgIpc) is 3.01. The van der Waals surface area contributed by atoms with Gasteiger partial charge in [0.2, 0.25) is 0 Å². The van der Waals surface area contributed by atoms with Gasteiger partial charge in [0, 0.05) is 35.3 Å². The van der Waals surface area contributed by atoms with Gasteiger partial charge in [-0.05, 0) is 11.4 Å². The summed E-state index contributed by atoms with van der Waals surface area (Å²) in [5.41, 5.74) is 1.48. The molecule has 0 atom stereocenters. The molecule has 1 fully saturated rings. The number of carboxylic acid groups (broad SMARTS) is 1. The number of hydrogen-bond acceptors (Lipinski definition) is 5. The number of amides is 1. The molecule has 2 aromatic rings. The molecule has 0 unspecified atom stereocenters. The Morgan fingerprint density at radius 3 is 2.85 bits per heavy atom. The molecule has 1 aliphatic heterocycles. The number of hydrogen-bond donors (Lipinski definition) is 1. The standard InChI is InChI=1S/C13H12N2O3S2/c16-11(17)3-8-4-15(5-8)13(18)10-7-20-12(14-10)9-1-2-19-6-9/h1-2,6-8H,3-5H2,(H,16,17). The minimum atomic E-state index is -0.810. The molecule has 1 N–H and O–H groups in total. The lowest BCUT2D eigenvalue weighted by Gasteiger charge is -2.38. The second-order valence-electron chi connectivity index (χ2n) is 4.72. The fourth-order valence-corrected chi connectivity index (χ4v) is 3.67. The molecule has 7 heteroatoms. The van der Waals surface area contributed by atoms with Crippen LogP contribution in [0.5, 0.6) is 0 Å². The molecule has 20 heavy (non-hydrogen) atoms. The first-order valence-corrected chi connectivity index (χ1v) is 7.95. The van der Waals surface area contributed by atoms with Crippen LogP contribution in [0.25, 0.3) is 10.6 Å². The second kappa shape index (κ2) is 5.34. The number of carbonyl (C=O) groups is 2. The van der Waals surface area contributed by atoms with E-state index in [0.717, 1.165) is 10.6 Å². The van der Waals surface area contributed by atoms with E-state index in [2.05, 4.69) is 4.98 Å². The van der Waals surface area contributed by atoms with E-state index in [0.29, 0.717) is 18.8 Å². The Morgan fingerprint density at radius 1 is 1.40 bits per heavy atom. The topological polar surface area (TPSA) is 70.5 Å². The molecular weight excluding hydrogens is 296 g/mol. The van der Waals surface area contributed by atoms with Crippen molar-refractivity contribution in [2.75, 3.05) is 13.1 Å². The summed E-state index contributed by atoms with van der Waals surface area (Å²) in [5.74, 6) is -0.841. The third-order valence-corrected chi connectivity index (χ3v) is 4.77. The van der Waals surface area contributed by atoms with Gasteiger partial charge < -0.3 is 10.0 Å². The first-order valence-electron chi connectivity index (χ1n) is 6.12. The number of aromatic nitrogens is 1. The number of carbonyl (C=O) groups excluding carboxylic acids is 1. The summed E-state index contributed by atoms with van der Waals surface area (Å²) in [6.07, 6.45) is 0.126. The first-order chi connectivity index (χ1) is 9.63. The fraction of sp³-hybridized carbons (Fsp3) is 0.308. The smallest absolute Gasteiger partial charge is 0.303 e. The zero-order chi connectivity index (χ0) is 14.1. The van der Waals surface area contributed by atoms with E-state index >= 15 is 0 Å². The van der Waals surface area contributed by atoms with Crippen molar-refractivity contribution >= 4 is 34.6 Å². The zero-order valence-electron chi connectivity index (χ0n) is 10.5. The van der Waals surface area contributed by atoms with Crippen molar-refractivity contribution in [3.05, 3.63) is 27.9 Å². The number of carboxylic acids is 1. The number of nitrogens with zero attached hydrogens (tertiary/aromatic N) is 2. The van der Waals surface area contributed by atoms with Crippen LogP contribution in [-0.4, -0.2) is 40.0 Å². The van der Waals surface area contributed by atoms with Crippen LogP contribution >= 0.6 is 22.7 Å². The largest absolute Gasteiger partial charge is 0.481 e. The van der Waals surface area contributed by atoms with E-state index in [9.17, 15) is 9.59 Å². The summed E-state index contributed by atoms with van der Waals surface area (Å²) in [6, 6.07) is 1.98. The lowest BCUT2D eigenvalue weighted by atomic mass is 9.96. The summed E-state index contributed by atoms with van der Waals surface area (Å²) in [5, 5.41) is 15.3. The molecule has 3 rings (SSSR count). The molecule has 1 aliphatic rings. The Hall–Kier alpha value is -1.73. The highest BCUT2D eigenvalue weighted by Gasteiger charge is 2.33. The average molecular weight is 308 g/mol. The molecule has 0 radical (unpaired) electrons. The molecular formula is C13H12N2O3S2. The number of rotatable bonds is 4. The van der Waals surface area contributed by atoms with E-state index < -0.39 is 5.97 Å². The van der Waals surface area contributed by atoms with Crippen molar-refractivity contribution < 1.29 is 14.7 Å². The molecule has 0 spiro atoms. The minimum absolute atomic E-state index is 0.0754. The number of likely N-dealkylation sites (tertiary alicyclic amines) is 1. The van der Waals surface area contributed by atoms with Crippen molar-refractivity contribution in [2.24, 2.45) is 5.92 Å². The van der Waals surface area contributed by atoms with Crippen LogP contribution in [0.3, 0.4) is 0 Å². The Balaban J connectivity index is 1.63. The predicted octanol–water partition coefficient (Wildman–Crippen LogP) is 2.42. The summed E-state index contributed by atoms with van der Waals surface area (Å²) in [4.78, 5) is 28.7. The van der Waals surface area contributed by atoms with Crippen LogP contribution in [0, 0.1) is 5.92 Å². The quantitative estimate of drug-likeness (QED) is 0.941. The Kier molecular flexibility index (Phi) is 3.54. The third kappa shape index (κ3) is 2.59. The fourth-order valence-electron chi connectivity index (χ4n) is 2.16. The number of thiazole rings is 1. The lowest BCUT2D eigenvalue weighted by molar-refractivity contribution is -0.139. The highest BCUT2D eigenvalue weighted by atomic mass is 32.1. The normalized spacial score (nSPS) is 15.1. The monoisotopic (exact) mass is 308 g/mol. The predicted molar refractivity (Wildman–Crippen MR) is 77.1 cm³/mol. The van der Waals surface area contributed by atoms with Gasteiger partial charge in [-0.25, -0.2) is 4.98 Å². The highest BCUT2D eigenvalue weighted by molar-refractivity contribution is 7.14. The Morgan fingerprint density at radius 2 is 2.20 bits per heavy atom. The highest BCUT2D eigenvalue weighted by Crippen LogP contribution is 2.27. The lowest BCUT2D eigenvalue weighted by Crippen LogP contribution is -2.50. The molecule has 104 valence electrons. The number of thiophene rings is 1. The van der Waals surface area contributed by atoms with Gasteiger partial charge in [-0.15, -0.1) is 11.3 Å². The van der Waals surface area contributed by atoms with Gasteiger partial charge in [-0.3, -0.25) is 9.59 Å². The van der Waals surface area contributed by atoms with E-state index in [1.807, 2.05) is 16.8 Å². The first kappa shape index (κ1) is 13.3. The van der Waals surface area contributed by atoms with Crippen molar-refractivity contribution in [2.45, 2.75) is 6.42 Å². The third-order valence-electron chi connectivity index (χ3n) is 3.20. The maximum atomic E-state index is 12.2. The van der Waals surface area contributed by atoms with E-state index in [-0.39, 0.29) is 18.2 Å². The molecule has 2 aromatic heterocycles. The summed E-state index contributed by atoms with van der Waals surface area (Å²) < 4.78 is 0. The summed E-state index contributed by atoms with van der Waals surface area (Å²) in [7, 11) is 0. The van der Waals surface area contributed by atoms with Crippen molar-refractivity contribution in [1.82, 2.24) is 9.88 Å². The van der Waals surface area contributed by atoms with Crippen LogP contribution < -0.4 is 0 Å². The van der Waals surface area contributed by atoms with Crippen molar-refractivity contribution in [1.29, 1.82) is 0 Å². The van der Waals surface area contributed by atoms with Crippen LogP contribution in [0.1, 0.15) is 16.9 Å². The Labute approximate surface area is 123 Å². The van der Waals surface area contributed by atoms with E-state index in [1.165, 1.54) is 11.3 Å². The van der Waals surface area contributed by atoms with E-state index in [4.69, 9.17) is 5.11 Å². The molecule has 3 heterocycles. The number of aliphatic carboxylic acids is 1. The van der Waals surface area contributed by atoms with Crippen LogP contribution in [0.4, 0.5) is 0 Å². The second-order valence-corrected chi connectivity index (χ2v) is 6.36. The molecule has 0 bridgehead atoms. The van der Waals surface area contributed by atoms with Gasteiger partial charge in [-0.1, -0.05) is 0 Å². The van der Waals surface area contributed by atoms with Crippen molar-refractivity contribution in [3.63, 3.8) is 0 Å². The molecule has 1 saturated heterocycles. The van der Waals surface area contributed by atoms with Gasteiger partial charge in [0.05, 0.1) is 6.42 Å². The molecule has 0 aromatic carbocycles. The molecule has 1 amide bonds. The van der Waals surface area contributed by atoms with Gasteiger partial charge >= 0.3 is 5.97 Å². The van der Waals surface area contributed by atoms with Crippen LogP contribution in [-0.2, 0) is 4.79 Å². The minimum Gasteiger partial charge on any atom is -0.481 e. The maximum absolute atomic E-state index is 12.2. The SMILES string of the molecule is O=C(O)CC1CN(C(=O)c2csc(-c3ccsc3)n2)C1. The summed E-state index contributed by atoms with van der Waals surface area (Å²) in [6.45, 7) is 1.02. The molecule has 0 saturated carbocycles. The Bertz CT molecular complexity index is 630. The zero-order valence-corrected chi connectivity index (χ0v) is 12.1. The van der Waals surface area contributed by atoms with Crippen molar-refractivity contribution in [3.8, 4) is 10.6 Å².